The highest BCUT2D eigenvalue weighted by Crippen LogP contribution is 2.13. The Hall–Kier alpha value is -1.59. The van der Waals surface area contributed by atoms with E-state index in [1.54, 1.807) is 7.05 Å². The van der Waals surface area contributed by atoms with Crippen molar-refractivity contribution >= 4 is 5.96 Å². The third-order valence-corrected chi connectivity index (χ3v) is 3.31. The number of nitrogens with zero attached hydrogens (tertiary/aromatic N) is 1. The molecule has 0 heterocycles. The second-order valence-corrected chi connectivity index (χ2v) is 6.62. The van der Waals surface area contributed by atoms with E-state index in [1.807, 2.05) is 6.92 Å². The van der Waals surface area contributed by atoms with Crippen LogP contribution in [-0.2, 0) is 22.6 Å². The van der Waals surface area contributed by atoms with Gasteiger partial charge in [-0.05, 0) is 45.2 Å². The van der Waals surface area contributed by atoms with Gasteiger partial charge in [-0.25, -0.2) is 0 Å². The van der Waals surface area contributed by atoms with E-state index in [9.17, 15) is 0 Å². The van der Waals surface area contributed by atoms with Gasteiger partial charge in [-0.15, -0.1) is 0 Å². The molecule has 0 saturated heterocycles. The van der Waals surface area contributed by atoms with E-state index in [0.29, 0.717) is 6.61 Å². The molecule has 0 fully saturated rings. The number of ether oxygens (including phenoxy) is 2. The molecule has 0 aliphatic heterocycles. The molecule has 0 saturated carbocycles. The molecule has 2 N–H and O–H groups in total. The smallest absolute Gasteiger partial charge is 0.191 e. The van der Waals surface area contributed by atoms with Gasteiger partial charge < -0.3 is 20.1 Å². The van der Waals surface area contributed by atoms with Gasteiger partial charge in [-0.1, -0.05) is 24.3 Å². The standard InChI is InChI=1S/C19H33N3O2/c1-6-23-12-8-11-21-18(20-5)22-14-16-9-7-10-17(13-16)15-24-19(2,3)4/h7,9-10,13H,6,8,11-12,14-15H2,1-5H3,(H2,20,21,22). The lowest BCUT2D eigenvalue weighted by Crippen LogP contribution is -2.37. The topological polar surface area (TPSA) is 54.9 Å². The summed E-state index contributed by atoms with van der Waals surface area (Å²) in [6, 6.07) is 8.43. The molecular weight excluding hydrogens is 302 g/mol. The number of guanidine groups is 1. The summed E-state index contributed by atoms with van der Waals surface area (Å²) in [5.74, 6) is 0.808. The van der Waals surface area contributed by atoms with E-state index in [0.717, 1.165) is 38.7 Å². The monoisotopic (exact) mass is 335 g/mol. The molecular formula is C19H33N3O2. The van der Waals surface area contributed by atoms with Gasteiger partial charge in [0.05, 0.1) is 12.2 Å². The van der Waals surface area contributed by atoms with Gasteiger partial charge >= 0.3 is 0 Å². The molecule has 5 heteroatoms. The Labute approximate surface area is 146 Å². The molecule has 0 atom stereocenters. The summed E-state index contributed by atoms with van der Waals surface area (Å²) < 4.78 is 11.2. The van der Waals surface area contributed by atoms with Crippen molar-refractivity contribution in [3.63, 3.8) is 0 Å². The SMILES string of the molecule is CCOCCCNC(=NC)NCc1cccc(COC(C)(C)C)c1. The van der Waals surface area contributed by atoms with Gasteiger partial charge in [0.2, 0.25) is 0 Å². The number of benzene rings is 1. The van der Waals surface area contributed by atoms with E-state index >= 15 is 0 Å². The summed E-state index contributed by atoms with van der Waals surface area (Å²) in [5.41, 5.74) is 2.27. The molecule has 0 aliphatic carbocycles. The van der Waals surface area contributed by atoms with Gasteiger partial charge in [-0.2, -0.15) is 0 Å². The Bertz CT molecular complexity index is 496. The molecule has 1 rings (SSSR count). The van der Waals surface area contributed by atoms with Crippen LogP contribution in [0.2, 0.25) is 0 Å². The lowest BCUT2D eigenvalue weighted by atomic mass is 10.1. The van der Waals surface area contributed by atoms with Crippen LogP contribution in [0, 0.1) is 0 Å². The lowest BCUT2D eigenvalue weighted by molar-refractivity contribution is -0.0149. The van der Waals surface area contributed by atoms with E-state index in [-0.39, 0.29) is 5.60 Å². The van der Waals surface area contributed by atoms with Gasteiger partial charge in [-0.3, -0.25) is 4.99 Å². The number of nitrogens with one attached hydrogen (secondary N) is 2. The third kappa shape index (κ3) is 9.53. The zero-order chi connectivity index (χ0) is 17.8. The normalized spacial score (nSPS) is 12.3. The predicted octanol–water partition coefficient (Wildman–Crippen LogP) is 3.09. The predicted molar refractivity (Wildman–Crippen MR) is 100 cm³/mol. The van der Waals surface area contributed by atoms with Gasteiger partial charge in [0.1, 0.15) is 0 Å². The maximum absolute atomic E-state index is 5.83. The second-order valence-electron chi connectivity index (χ2n) is 6.62. The van der Waals surface area contributed by atoms with Gasteiger partial charge in [0, 0.05) is 33.4 Å². The van der Waals surface area contributed by atoms with E-state index in [4.69, 9.17) is 9.47 Å². The van der Waals surface area contributed by atoms with Crippen molar-refractivity contribution in [2.45, 2.75) is 52.9 Å². The van der Waals surface area contributed by atoms with Crippen molar-refractivity contribution in [2.24, 2.45) is 4.99 Å². The number of rotatable bonds is 9. The van der Waals surface area contributed by atoms with Crippen LogP contribution in [0.15, 0.2) is 29.3 Å². The Morgan fingerprint density at radius 2 is 1.92 bits per heavy atom. The minimum absolute atomic E-state index is 0.123. The van der Waals surface area contributed by atoms with Crippen LogP contribution in [-0.4, -0.2) is 38.4 Å². The van der Waals surface area contributed by atoms with Crippen LogP contribution in [0.1, 0.15) is 45.2 Å². The van der Waals surface area contributed by atoms with Crippen LogP contribution in [0.3, 0.4) is 0 Å². The van der Waals surface area contributed by atoms with Crippen LogP contribution >= 0.6 is 0 Å². The quantitative estimate of drug-likeness (QED) is 0.414. The van der Waals surface area contributed by atoms with Crippen LogP contribution < -0.4 is 10.6 Å². The van der Waals surface area contributed by atoms with Crippen molar-refractivity contribution in [2.75, 3.05) is 26.8 Å². The van der Waals surface area contributed by atoms with Gasteiger partial charge in [0.25, 0.3) is 0 Å². The zero-order valence-corrected chi connectivity index (χ0v) is 15.8. The molecule has 24 heavy (non-hydrogen) atoms. The van der Waals surface area contributed by atoms with Crippen molar-refractivity contribution in [3.8, 4) is 0 Å². The summed E-state index contributed by atoms with van der Waals surface area (Å²) >= 11 is 0. The first kappa shape index (κ1) is 20.5. The fourth-order valence-electron chi connectivity index (χ4n) is 2.06. The van der Waals surface area contributed by atoms with E-state index in [2.05, 4.69) is 60.7 Å². The molecule has 5 nitrogen and oxygen atoms in total. The Morgan fingerprint density at radius 1 is 1.17 bits per heavy atom. The summed E-state index contributed by atoms with van der Waals surface area (Å²) in [7, 11) is 1.78. The third-order valence-electron chi connectivity index (χ3n) is 3.31. The minimum Gasteiger partial charge on any atom is -0.382 e. The molecule has 0 aliphatic rings. The minimum atomic E-state index is -0.123. The summed E-state index contributed by atoms with van der Waals surface area (Å²) in [6.45, 7) is 12.0. The molecule has 0 spiro atoms. The average molecular weight is 335 g/mol. The molecule has 1 aromatic rings. The first-order valence-electron chi connectivity index (χ1n) is 8.68. The van der Waals surface area contributed by atoms with E-state index in [1.165, 1.54) is 11.1 Å². The van der Waals surface area contributed by atoms with Crippen LogP contribution in [0.25, 0.3) is 0 Å². The molecule has 0 aromatic heterocycles. The molecule has 0 radical (unpaired) electrons. The summed E-state index contributed by atoms with van der Waals surface area (Å²) in [6.07, 6.45) is 0.966. The number of hydrogen-bond acceptors (Lipinski definition) is 3. The maximum atomic E-state index is 5.83. The molecule has 1 aromatic carbocycles. The van der Waals surface area contributed by atoms with Crippen LogP contribution in [0.5, 0.6) is 0 Å². The average Bonchev–Trinajstić information content (AvgIpc) is 2.55. The summed E-state index contributed by atoms with van der Waals surface area (Å²) in [5, 5.41) is 6.63. The first-order chi connectivity index (χ1) is 11.4. The summed E-state index contributed by atoms with van der Waals surface area (Å²) in [4.78, 5) is 4.24. The number of aliphatic imine (C=N–C) groups is 1. The Kier molecular flexibility index (Phi) is 9.42. The van der Waals surface area contributed by atoms with Crippen molar-refractivity contribution in [1.29, 1.82) is 0 Å². The fourth-order valence-corrected chi connectivity index (χ4v) is 2.06. The zero-order valence-electron chi connectivity index (χ0n) is 15.8. The maximum Gasteiger partial charge on any atom is 0.191 e. The second kappa shape index (κ2) is 11.0. The first-order valence-corrected chi connectivity index (χ1v) is 8.68. The van der Waals surface area contributed by atoms with Crippen LogP contribution in [0.4, 0.5) is 0 Å². The molecule has 136 valence electrons. The van der Waals surface area contributed by atoms with Gasteiger partial charge in [0.15, 0.2) is 5.96 Å². The largest absolute Gasteiger partial charge is 0.382 e. The van der Waals surface area contributed by atoms with Crippen molar-refractivity contribution < 1.29 is 9.47 Å². The Balaban J connectivity index is 2.39. The van der Waals surface area contributed by atoms with E-state index < -0.39 is 0 Å². The highest BCUT2D eigenvalue weighted by Gasteiger charge is 2.10. The molecule has 0 bridgehead atoms. The molecule has 0 unspecified atom stereocenters. The highest BCUT2D eigenvalue weighted by molar-refractivity contribution is 5.79. The Morgan fingerprint density at radius 3 is 2.58 bits per heavy atom. The van der Waals surface area contributed by atoms with Crippen molar-refractivity contribution in [3.05, 3.63) is 35.4 Å². The fraction of sp³-hybridized carbons (Fsp3) is 0.632. The lowest BCUT2D eigenvalue weighted by Gasteiger charge is -2.19. The molecule has 0 amide bonds. The number of hydrogen-bond donors (Lipinski definition) is 2. The van der Waals surface area contributed by atoms with Crippen molar-refractivity contribution in [1.82, 2.24) is 10.6 Å². The highest BCUT2D eigenvalue weighted by atomic mass is 16.5.